The molecule has 2 aromatic rings. The van der Waals surface area contributed by atoms with E-state index in [1.54, 1.807) is 12.1 Å². The summed E-state index contributed by atoms with van der Waals surface area (Å²) in [5, 5.41) is 11.5. The van der Waals surface area contributed by atoms with Gasteiger partial charge in [-0.1, -0.05) is 31.9 Å². The summed E-state index contributed by atoms with van der Waals surface area (Å²) < 4.78 is 28.3. The summed E-state index contributed by atoms with van der Waals surface area (Å²) in [6, 6.07) is 9.03. The number of anilines is 2. The van der Waals surface area contributed by atoms with Gasteiger partial charge in [-0.15, -0.1) is 0 Å². The number of benzene rings is 2. The van der Waals surface area contributed by atoms with Crippen molar-refractivity contribution in [3.05, 3.63) is 56.5 Å². The highest BCUT2D eigenvalue weighted by Gasteiger charge is 2.11. The summed E-state index contributed by atoms with van der Waals surface area (Å²) in [6.07, 6.45) is 0. The zero-order valence-corrected chi connectivity index (χ0v) is 12.5. The summed E-state index contributed by atoms with van der Waals surface area (Å²) >= 11 is 6.24. The molecule has 0 amide bonds. The first-order valence-corrected chi connectivity index (χ1v) is 6.70. The van der Waals surface area contributed by atoms with Crippen LogP contribution in [0.3, 0.4) is 0 Å². The van der Waals surface area contributed by atoms with Crippen LogP contribution in [0, 0.1) is 23.0 Å². The van der Waals surface area contributed by atoms with E-state index in [-0.39, 0.29) is 5.69 Å². The normalized spacial score (nSPS) is 10.1. The van der Waals surface area contributed by atoms with Crippen LogP contribution in [0.15, 0.2) is 39.3 Å². The van der Waals surface area contributed by atoms with E-state index in [1.165, 1.54) is 6.07 Å². The van der Waals surface area contributed by atoms with Gasteiger partial charge in [-0.2, -0.15) is 5.26 Å². The van der Waals surface area contributed by atoms with Crippen LogP contribution in [0.2, 0.25) is 0 Å². The second kappa shape index (κ2) is 5.68. The quantitative estimate of drug-likeness (QED) is 0.777. The third-order valence-corrected chi connectivity index (χ3v) is 3.22. The number of nitrogens with one attached hydrogen (secondary N) is 1. The molecule has 6 heteroatoms. The van der Waals surface area contributed by atoms with Crippen molar-refractivity contribution in [1.82, 2.24) is 0 Å². The minimum Gasteiger partial charge on any atom is -0.351 e. The fraction of sp³-hybridized carbons (Fsp3) is 0. The second-order valence-corrected chi connectivity index (χ2v) is 5.54. The van der Waals surface area contributed by atoms with Crippen molar-refractivity contribution in [2.24, 2.45) is 0 Å². The van der Waals surface area contributed by atoms with Gasteiger partial charge in [-0.3, -0.25) is 0 Å². The first-order chi connectivity index (χ1) is 8.99. The topological polar surface area (TPSA) is 35.8 Å². The van der Waals surface area contributed by atoms with Gasteiger partial charge in [0.15, 0.2) is 11.6 Å². The van der Waals surface area contributed by atoms with E-state index in [4.69, 9.17) is 5.26 Å². The monoisotopic (exact) mass is 386 g/mol. The Morgan fingerprint density at radius 1 is 0.947 bits per heavy atom. The molecule has 0 aliphatic rings. The third-order valence-electron chi connectivity index (χ3n) is 2.30. The minimum atomic E-state index is -0.717. The molecule has 0 atom stereocenters. The van der Waals surface area contributed by atoms with Crippen molar-refractivity contribution < 1.29 is 8.78 Å². The molecule has 2 nitrogen and oxygen atoms in total. The van der Waals surface area contributed by atoms with Gasteiger partial charge >= 0.3 is 0 Å². The van der Waals surface area contributed by atoms with Crippen LogP contribution in [0.1, 0.15) is 5.56 Å². The number of rotatable bonds is 2. The highest BCUT2D eigenvalue weighted by molar-refractivity contribution is 9.10. The average Bonchev–Trinajstić information content (AvgIpc) is 2.33. The molecule has 0 unspecified atom stereocenters. The van der Waals surface area contributed by atoms with Crippen molar-refractivity contribution in [2.45, 2.75) is 0 Å². The zero-order chi connectivity index (χ0) is 14.0. The standard InChI is InChI=1S/C13H6Br2F2N2/c14-8-1-7(6-18)2-10(3-8)19-13-11(16)4-9(15)5-12(13)17/h1-5,19H. The Balaban J connectivity index is 2.42. The highest BCUT2D eigenvalue weighted by atomic mass is 79.9. The van der Waals surface area contributed by atoms with Crippen molar-refractivity contribution in [2.75, 3.05) is 5.32 Å². The molecule has 0 aliphatic carbocycles. The molecule has 0 aliphatic heterocycles. The van der Waals surface area contributed by atoms with Crippen LogP contribution in [0.5, 0.6) is 0 Å². The fourth-order valence-electron chi connectivity index (χ4n) is 1.53. The Bertz CT molecular complexity index is 658. The number of hydrogen-bond donors (Lipinski definition) is 1. The van der Waals surface area contributed by atoms with E-state index < -0.39 is 11.6 Å². The number of halogens is 4. The Morgan fingerprint density at radius 3 is 2.11 bits per heavy atom. The lowest BCUT2D eigenvalue weighted by Crippen LogP contribution is -1.98. The van der Waals surface area contributed by atoms with E-state index in [2.05, 4.69) is 37.2 Å². The van der Waals surface area contributed by atoms with Gasteiger partial charge in [0.25, 0.3) is 0 Å². The minimum absolute atomic E-state index is 0.259. The molecule has 0 bridgehead atoms. The predicted molar refractivity (Wildman–Crippen MR) is 76.2 cm³/mol. The lowest BCUT2D eigenvalue weighted by molar-refractivity contribution is 0.589. The average molecular weight is 388 g/mol. The van der Waals surface area contributed by atoms with E-state index in [9.17, 15) is 8.78 Å². The number of nitriles is 1. The summed E-state index contributed by atoms with van der Waals surface area (Å²) in [6.45, 7) is 0. The van der Waals surface area contributed by atoms with Gasteiger partial charge in [0, 0.05) is 14.6 Å². The molecule has 0 saturated carbocycles. The van der Waals surface area contributed by atoms with Crippen molar-refractivity contribution in [1.29, 1.82) is 5.26 Å². The molecule has 1 N–H and O–H groups in total. The summed E-state index contributed by atoms with van der Waals surface area (Å²) in [5.41, 5.74) is 0.547. The van der Waals surface area contributed by atoms with Crippen LogP contribution in [-0.2, 0) is 0 Å². The largest absolute Gasteiger partial charge is 0.351 e. The first kappa shape index (κ1) is 14.0. The molecule has 19 heavy (non-hydrogen) atoms. The van der Waals surface area contributed by atoms with Crippen LogP contribution < -0.4 is 5.32 Å². The van der Waals surface area contributed by atoms with E-state index >= 15 is 0 Å². The van der Waals surface area contributed by atoms with Crippen molar-refractivity contribution in [3.63, 3.8) is 0 Å². The maximum Gasteiger partial charge on any atom is 0.150 e. The second-order valence-electron chi connectivity index (χ2n) is 3.71. The molecule has 0 fully saturated rings. The Labute approximate surface area is 125 Å². The molecular formula is C13H6Br2F2N2. The maximum atomic E-state index is 13.7. The van der Waals surface area contributed by atoms with Crippen molar-refractivity contribution >= 4 is 43.2 Å². The van der Waals surface area contributed by atoms with Gasteiger partial charge in [0.05, 0.1) is 11.6 Å². The molecule has 2 aromatic carbocycles. The zero-order valence-electron chi connectivity index (χ0n) is 9.35. The lowest BCUT2D eigenvalue weighted by atomic mass is 10.2. The van der Waals surface area contributed by atoms with Gasteiger partial charge < -0.3 is 5.32 Å². The fourth-order valence-corrected chi connectivity index (χ4v) is 2.43. The molecule has 2 rings (SSSR count). The Hall–Kier alpha value is -1.45. The van der Waals surface area contributed by atoms with E-state index in [1.807, 2.05) is 6.07 Å². The number of nitrogens with zero attached hydrogens (tertiary/aromatic N) is 1. The first-order valence-electron chi connectivity index (χ1n) is 5.12. The summed E-state index contributed by atoms with van der Waals surface area (Å²) in [7, 11) is 0. The number of hydrogen-bond acceptors (Lipinski definition) is 2. The smallest absolute Gasteiger partial charge is 0.150 e. The Morgan fingerprint density at radius 2 is 1.53 bits per heavy atom. The maximum absolute atomic E-state index is 13.7. The molecule has 0 saturated heterocycles. The predicted octanol–water partition coefficient (Wildman–Crippen LogP) is 5.11. The van der Waals surface area contributed by atoms with Crippen LogP contribution in [0.25, 0.3) is 0 Å². The highest BCUT2D eigenvalue weighted by Crippen LogP contribution is 2.28. The van der Waals surface area contributed by atoms with E-state index in [0.717, 1.165) is 12.1 Å². The molecular weight excluding hydrogens is 382 g/mol. The van der Waals surface area contributed by atoms with E-state index in [0.29, 0.717) is 20.2 Å². The molecule has 0 aromatic heterocycles. The van der Waals surface area contributed by atoms with Crippen LogP contribution in [0.4, 0.5) is 20.2 Å². The molecule has 96 valence electrons. The SMILES string of the molecule is N#Cc1cc(Br)cc(Nc2c(F)cc(Br)cc2F)c1. The Kier molecular flexibility index (Phi) is 4.17. The molecule has 0 heterocycles. The van der Waals surface area contributed by atoms with Crippen molar-refractivity contribution in [3.8, 4) is 6.07 Å². The van der Waals surface area contributed by atoms with Gasteiger partial charge in [0.2, 0.25) is 0 Å². The van der Waals surface area contributed by atoms with Crippen LogP contribution in [-0.4, -0.2) is 0 Å². The summed E-state index contributed by atoms with van der Waals surface area (Å²) in [5.74, 6) is -1.43. The van der Waals surface area contributed by atoms with Gasteiger partial charge in [0.1, 0.15) is 5.69 Å². The molecule has 0 radical (unpaired) electrons. The lowest BCUT2D eigenvalue weighted by Gasteiger charge is -2.10. The van der Waals surface area contributed by atoms with Gasteiger partial charge in [-0.05, 0) is 30.3 Å². The third kappa shape index (κ3) is 3.31. The van der Waals surface area contributed by atoms with Crippen LogP contribution >= 0.6 is 31.9 Å². The van der Waals surface area contributed by atoms with Gasteiger partial charge in [-0.25, -0.2) is 8.78 Å². The summed E-state index contributed by atoms with van der Waals surface area (Å²) in [4.78, 5) is 0. The molecule has 0 spiro atoms.